The highest BCUT2D eigenvalue weighted by Gasteiger charge is 1.96. The molecule has 1 aromatic carbocycles. The monoisotopic (exact) mass is 219 g/mol. The van der Waals surface area contributed by atoms with E-state index in [0.29, 0.717) is 12.5 Å². The van der Waals surface area contributed by atoms with Crippen molar-refractivity contribution in [2.24, 2.45) is 11.8 Å². The Hall–Kier alpha value is -1.12. The maximum Gasteiger partial charge on any atom is 0.0713 e. The predicted molar refractivity (Wildman–Crippen MR) is 68.8 cm³/mol. The van der Waals surface area contributed by atoms with Crippen molar-refractivity contribution in [2.45, 2.75) is 26.7 Å². The molecule has 1 rings (SSSR count). The Morgan fingerprint density at radius 3 is 2.50 bits per heavy atom. The van der Waals surface area contributed by atoms with Crippen molar-refractivity contribution >= 4 is 6.08 Å². The molecule has 0 unspecified atom stereocenters. The highest BCUT2D eigenvalue weighted by atomic mass is 16.6. The Bertz CT molecular complexity index is 314. The van der Waals surface area contributed by atoms with Gasteiger partial charge in [-0.3, -0.25) is 0 Å². The molecule has 0 atom stereocenters. The molecule has 0 amide bonds. The van der Waals surface area contributed by atoms with Gasteiger partial charge in [-0.1, -0.05) is 50.3 Å². The summed E-state index contributed by atoms with van der Waals surface area (Å²) >= 11 is 0. The van der Waals surface area contributed by atoms with Crippen LogP contribution in [0.3, 0.4) is 0 Å². The van der Waals surface area contributed by atoms with E-state index in [-0.39, 0.29) is 0 Å². The summed E-state index contributed by atoms with van der Waals surface area (Å²) < 4.78 is 0. The van der Waals surface area contributed by atoms with Crippen LogP contribution in [0.5, 0.6) is 0 Å². The molecule has 2 heteroatoms. The van der Waals surface area contributed by atoms with Gasteiger partial charge in [-0.25, -0.2) is 5.90 Å². The van der Waals surface area contributed by atoms with Crippen molar-refractivity contribution in [1.29, 1.82) is 0 Å². The van der Waals surface area contributed by atoms with E-state index in [0.717, 1.165) is 12.8 Å². The van der Waals surface area contributed by atoms with Crippen LogP contribution in [0.2, 0.25) is 0 Å². The lowest BCUT2D eigenvalue weighted by Gasteiger charge is -2.04. The minimum absolute atomic E-state index is 0.571. The molecule has 0 aromatic heterocycles. The molecule has 0 aliphatic rings. The van der Waals surface area contributed by atoms with Gasteiger partial charge in [-0.2, -0.15) is 0 Å². The summed E-state index contributed by atoms with van der Waals surface area (Å²) in [5, 5.41) is 0. The van der Waals surface area contributed by atoms with Gasteiger partial charge in [0.2, 0.25) is 0 Å². The van der Waals surface area contributed by atoms with E-state index >= 15 is 0 Å². The fourth-order valence-electron chi connectivity index (χ4n) is 1.59. The molecule has 0 aliphatic carbocycles. The zero-order valence-corrected chi connectivity index (χ0v) is 10.1. The average molecular weight is 219 g/mol. The van der Waals surface area contributed by atoms with Gasteiger partial charge in [-0.05, 0) is 29.9 Å². The van der Waals surface area contributed by atoms with Gasteiger partial charge in [0.1, 0.15) is 0 Å². The van der Waals surface area contributed by atoms with E-state index in [1.54, 1.807) is 0 Å². The summed E-state index contributed by atoms with van der Waals surface area (Å²) in [5.41, 5.74) is 2.63. The molecule has 0 saturated carbocycles. The molecule has 88 valence electrons. The number of hydrogen-bond acceptors (Lipinski definition) is 2. The normalized spacial score (nSPS) is 11.5. The largest absolute Gasteiger partial charge is 0.304 e. The van der Waals surface area contributed by atoms with E-state index in [9.17, 15) is 0 Å². The smallest absolute Gasteiger partial charge is 0.0713 e. The van der Waals surface area contributed by atoms with Crippen LogP contribution in [0.15, 0.2) is 30.3 Å². The maximum absolute atomic E-state index is 4.94. The first-order valence-corrected chi connectivity index (χ1v) is 5.79. The average Bonchev–Trinajstić information content (AvgIpc) is 2.26. The second kappa shape index (κ2) is 7.20. The first kappa shape index (κ1) is 12.9. The molecule has 0 radical (unpaired) electrons. The highest BCUT2D eigenvalue weighted by molar-refractivity contribution is 5.49. The van der Waals surface area contributed by atoms with Gasteiger partial charge >= 0.3 is 0 Å². The first-order chi connectivity index (χ1) is 7.72. The summed E-state index contributed by atoms with van der Waals surface area (Å²) in [6.45, 7) is 5.04. The lowest BCUT2D eigenvalue weighted by atomic mass is 10.0. The maximum atomic E-state index is 4.94. The highest BCUT2D eigenvalue weighted by Crippen LogP contribution is 2.10. The lowest BCUT2D eigenvalue weighted by molar-refractivity contribution is 0.143. The van der Waals surface area contributed by atoms with Crippen LogP contribution in [-0.2, 0) is 11.3 Å². The fourth-order valence-corrected chi connectivity index (χ4v) is 1.59. The van der Waals surface area contributed by atoms with Crippen LogP contribution in [0.4, 0.5) is 0 Å². The van der Waals surface area contributed by atoms with Crippen molar-refractivity contribution in [2.75, 3.05) is 6.61 Å². The quantitative estimate of drug-likeness (QED) is 0.589. The SMILES string of the molecule is CC(C)Cc1ccc(/C=C/CCON)cc1. The van der Waals surface area contributed by atoms with E-state index in [1.165, 1.54) is 11.1 Å². The van der Waals surface area contributed by atoms with Crippen LogP contribution < -0.4 is 5.90 Å². The Morgan fingerprint density at radius 1 is 1.25 bits per heavy atom. The van der Waals surface area contributed by atoms with E-state index in [2.05, 4.69) is 55.1 Å². The minimum Gasteiger partial charge on any atom is -0.304 e. The van der Waals surface area contributed by atoms with Gasteiger partial charge in [0.15, 0.2) is 0 Å². The molecule has 2 N–H and O–H groups in total. The number of nitrogens with two attached hydrogens (primary N) is 1. The van der Waals surface area contributed by atoms with E-state index in [4.69, 9.17) is 5.90 Å². The van der Waals surface area contributed by atoms with Gasteiger partial charge < -0.3 is 4.84 Å². The van der Waals surface area contributed by atoms with Gasteiger partial charge in [-0.15, -0.1) is 0 Å². The van der Waals surface area contributed by atoms with Crippen LogP contribution >= 0.6 is 0 Å². The third kappa shape index (κ3) is 5.10. The van der Waals surface area contributed by atoms with Crippen molar-refractivity contribution < 1.29 is 4.84 Å². The third-order valence-corrected chi connectivity index (χ3v) is 2.34. The second-order valence-corrected chi connectivity index (χ2v) is 4.40. The Balaban J connectivity index is 2.47. The topological polar surface area (TPSA) is 35.2 Å². The second-order valence-electron chi connectivity index (χ2n) is 4.40. The molecule has 16 heavy (non-hydrogen) atoms. The number of rotatable bonds is 6. The van der Waals surface area contributed by atoms with Crippen LogP contribution in [-0.4, -0.2) is 6.61 Å². The molecule has 0 fully saturated rings. The first-order valence-electron chi connectivity index (χ1n) is 5.79. The van der Waals surface area contributed by atoms with Crippen molar-refractivity contribution in [3.05, 3.63) is 41.5 Å². The standard InChI is InChI=1S/C14H21NO/c1-12(2)11-14-8-6-13(7-9-14)5-3-4-10-16-15/h3,5-9,12H,4,10-11,15H2,1-2H3/b5-3+. The zero-order valence-electron chi connectivity index (χ0n) is 10.1. The summed E-state index contributed by atoms with van der Waals surface area (Å²) in [7, 11) is 0. The van der Waals surface area contributed by atoms with Gasteiger partial charge in [0.05, 0.1) is 6.61 Å². The van der Waals surface area contributed by atoms with Gasteiger partial charge in [0.25, 0.3) is 0 Å². The molecule has 0 heterocycles. The summed E-state index contributed by atoms with van der Waals surface area (Å²) in [5.74, 6) is 5.65. The van der Waals surface area contributed by atoms with Crippen LogP contribution in [0.25, 0.3) is 6.08 Å². The van der Waals surface area contributed by atoms with E-state index < -0.39 is 0 Å². The van der Waals surface area contributed by atoms with Crippen LogP contribution in [0, 0.1) is 5.92 Å². The molecule has 2 nitrogen and oxygen atoms in total. The zero-order chi connectivity index (χ0) is 11.8. The summed E-state index contributed by atoms with van der Waals surface area (Å²) in [6.07, 6.45) is 6.16. The van der Waals surface area contributed by atoms with Crippen LogP contribution in [0.1, 0.15) is 31.4 Å². The number of benzene rings is 1. The predicted octanol–water partition coefficient (Wildman–Crippen LogP) is 3.18. The summed E-state index contributed by atoms with van der Waals surface area (Å²) in [6, 6.07) is 8.69. The van der Waals surface area contributed by atoms with Crippen molar-refractivity contribution in [3.8, 4) is 0 Å². The Labute approximate surface area is 98.1 Å². The van der Waals surface area contributed by atoms with Crippen molar-refractivity contribution in [3.63, 3.8) is 0 Å². The Morgan fingerprint density at radius 2 is 1.94 bits per heavy atom. The Kier molecular flexibility index (Phi) is 5.83. The molecule has 0 spiro atoms. The molecular weight excluding hydrogens is 198 g/mol. The number of hydrogen-bond donors (Lipinski definition) is 1. The third-order valence-electron chi connectivity index (χ3n) is 2.34. The molecule has 0 aliphatic heterocycles. The van der Waals surface area contributed by atoms with Gasteiger partial charge in [0, 0.05) is 0 Å². The molecule has 0 saturated heterocycles. The minimum atomic E-state index is 0.571. The fraction of sp³-hybridized carbons (Fsp3) is 0.429. The lowest BCUT2D eigenvalue weighted by Crippen LogP contribution is -1.98. The van der Waals surface area contributed by atoms with Crippen molar-refractivity contribution in [1.82, 2.24) is 0 Å². The molecule has 0 bridgehead atoms. The van der Waals surface area contributed by atoms with E-state index in [1.807, 2.05) is 0 Å². The molecular formula is C14H21NO. The summed E-state index contributed by atoms with van der Waals surface area (Å²) in [4.78, 5) is 4.49. The molecule has 1 aromatic rings.